The molecule has 0 aromatic carbocycles. The Labute approximate surface area is 196 Å². The van der Waals surface area contributed by atoms with Crippen LogP contribution in [0.3, 0.4) is 0 Å². The van der Waals surface area contributed by atoms with Gasteiger partial charge in [0.2, 0.25) is 5.88 Å². The maximum absolute atomic E-state index is 13.0. The molecule has 10 heteroatoms. The van der Waals surface area contributed by atoms with Crippen molar-refractivity contribution in [3.8, 4) is 17.0 Å². The van der Waals surface area contributed by atoms with E-state index in [2.05, 4.69) is 25.2 Å². The van der Waals surface area contributed by atoms with Crippen LogP contribution >= 0.6 is 0 Å². The fourth-order valence-electron chi connectivity index (χ4n) is 3.77. The summed E-state index contributed by atoms with van der Waals surface area (Å²) in [6, 6.07) is 6.53. The van der Waals surface area contributed by atoms with Gasteiger partial charge < -0.3 is 24.8 Å². The fraction of sp³-hybridized carbons (Fsp3) is 0.375. The van der Waals surface area contributed by atoms with Gasteiger partial charge in [-0.2, -0.15) is 0 Å². The number of nitrogens with one attached hydrogen (secondary N) is 1. The van der Waals surface area contributed by atoms with Crippen LogP contribution < -0.4 is 15.0 Å². The van der Waals surface area contributed by atoms with E-state index < -0.39 is 18.3 Å². The van der Waals surface area contributed by atoms with Crippen molar-refractivity contribution in [3.63, 3.8) is 0 Å². The molecule has 3 aromatic heterocycles. The van der Waals surface area contributed by atoms with Crippen LogP contribution in [-0.2, 0) is 4.74 Å². The molecule has 4 heterocycles. The molecule has 0 bridgehead atoms. The minimum Gasteiger partial charge on any atom is -0.476 e. The molecule has 1 atom stereocenters. The molecule has 0 saturated carbocycles. The number of morpholine rings is 1. The highest BCUT2D eigenvalue weighted by Crippen LogP contribution is 2.34. The van der Waals surface area contributed by atoms with Crippen molar-refractivity contribution in [1.82, 2.24) is 15.0 Å². The summed E-state index contributed by atoms with van der Waals surface area (Å²) in [5, 5.41) is 13.5. The third kappa shape index (κ3) is 5.40. The Bertz CT molecular complexity index is 1130. The van der Waals surface area contributed by atoms with Crippen molar-refractivity contribution in [2.45, 2.75) is 26.5 Å². The van der Waals surface area contributed by atoms with Gasteiger partial charge in [-0.3, -0.25) is 9.97 Å². The second-order valence-corrected chi connectivity index (χ2v) is 7.80. The van der Waals surface area contributed by atoms with Gasteiger partial charge in [0.05, 0.1) is 31.7 Å². The minimum absolute atomic E-state index is 0.282. The topological polar surface area (TPSA) is 92.6 Å². The number of aryl methyl sites for hydroxylation is 1. The predicted molar refractivity (Wildman–Crippen MR) is 124 cm³/mol. The Morgan fingerprint density at radius 2 is 1.94 bits per heavy atom. The lowest BCUT2D eigenvalue weighted by atomic mass is 10.0. The number of hydrogen-bond donors (Lipinski definition) is 2. The average molecular weight is 472 g/mol. The highest BCUT2D eigenvalue weighted by atomic mass is 19.3. The number of ether oxygens (including phenoxy) is 2. The molecule has 1 fully saturated rings. The number of anilines is 2. The first kappa shape index (κ1) is 23.8. The SMILES string of the molecule is CCOc1ncc(-c2cc(NC(O)c3ccnc(C(F)F)c3)cnc2C)cc1N1CCOCC1. The molecule has 0 radical (unpaired) electrons. The molecule has 1 unspecified atom stereocenters. The Kier molecular flexibility index (Phi) is 7.49. The van der Waals surface area contributed by atoms with Gasteiger partial charge in [-0.05, 0) is 38.1 Å². The molecule has 1 saturated heterocycles. The molecule has 0 amide bonds. The number of nitrogens with zero attached hydrogens (tertiary/aromatic N) is 4. The van der Waals surface area contributed by atoms with Gasteiger partial charge in [-0.15, -0.1) is 0 Å². The van der Waals surface area contributed by atoms with E-state index in [0.29, 0.717) is 31.4 Å². The van der Waals surface area contributed by atoms with E-state index >= 15 is 0 Å². The summed E-state index contributed by atoms with van der Waals surface area (Å²) < 4.78 is 37.2. The van der Waals surface area contributed by atoms with Crippen LogP contribution in [-0.4, -0.2) is 53.0 Å². The van der Waals surface area contributed by atoms with E-state index in [-0.39, 0.29) is 5.56 Å². The summed E-state index contributed by atoms with van der Waals surface area (Å²) in [4.78, 5) is 14.8. The van der Waals surface area contributed by atoms with Gasteiger partial charge in [0, 0.05) is 47.9 Å². The van der Waals surface area contributed by atoms with Crippen LogP contribution in [0.5, 0.6) is 5.88 Å². The number of pyridine rings is 3. The number of aromatic nitrogens is 3. The second kappa shape index (κ2) is 10.7. The first-order chi connectivity index (χ1) is 16.5. The van der Waals surface area contributed by atoms with Crippen molar-refractivity contribution in [2.75, 3.05) is 43.1 Å². The lowest BCUT2D eigenvalue weighted by Crippen LogP contribution is -2.36. The normalized spacial score (nSPS) is 14.8. The molecule has 1 aliphatic rings. The fourth-order valence-corrected chi connectivity index (χ4v) is 3.77. The molecule has 2 N–H and O–H groups in total. The van der Waals surface area contributed by atoms with Crippen molar-refractivity contribution < 1.29 is 23.4 Å². The maximum atomic E-state index is 13.0. The van der Waals surface area contributed by atoms with Gasteiger partial charge in [0.15, 0.2) is 6.23 Å². The van der Waals surface area contributed by atoms with E-state index in [0.717, 1.165) is 35.6 Å². The van der Waals surface area contributed by atoms with Crippen LogP contribution in [0.1, 0.15) is 36.5 Å². The van der Waals surface area contributed by atoms with Gasteiger partial charge in [-0.25, -0.2) is 13.8 Å². The van der Waals surface area contributed by atoms with Gasteiger partial charge in [-0.1, -0.05) is 0 Å². The number of halogens is 2. The summed E-state index contributed by atoms with van der Waals surface area (Å²) in [5.41, 5.74) is 3.76. The number of alkyl halides is 2. The highest BCUT2D eigenvalue weighted by Gasteiger charge is 2.19. The molecule has 0 spiro atoms. The van der Waals surface area contributed by atoms with Gasteiger partial charge in [0.25, 0.3) is 6.43 Å². The minimum atomic E-state index is -2.72. The Balaban J connectivity index is 1.62. The lowest BCUT2D eigenvalue weighted by Gasteiger charge is -2.30. The highest BCUT2D eigenvalue weighted by molar-refractivity contribution is 5.74. The molecule has 34 heavy (non-hydrogen) atoms. The Morgan fingerprint density at radius 3 is 2.68 bits per heavy atom. The summed E-state index contributed by atoms with van der Waals surface area (Å²) in [5.74, 6) is 0.566. The lowest BCUT2D eigenvalue weighted by molar-refractivity contribution is 0.122. The van der Waals surface area contributed by atoms with E-state index in [4.69, 9.17) is 9.47 Å². The van der Waals surface area contributed by atoms with E-state index in [1.807, 2.05) is 26.0 Å². The molecular formula is C24H27F2N5O3. The zero-order valence-corrected chi connectivity index (χ0v) is 19.0. The second-order valence-electron chi connectivity index (χ2n) is 7.80. The molecule has 0 aliphatic carbocycles. The van der Waals surface area contributed by atoms with Crippen molar-refractivity contribution >= 4 is 11.4 Å². The van der Waals surface area contributed by atoms with Crippen LogP contribution in [0.4, 0.5) is 20.2 Å². The third-order valence-corrected chi connectivity index (χ3v) is 5.51. The van der Waals surface area contributed by atoms with Gasteiger partial charge in [0.1, 0.15) is 11.4 Å². The summed E-state index contributed by atoms with van der Waals surface area (Å²) in [6.07, 6.45) is 0.645. The zero-order chi connectivity index (χ0) is 24.1. The van der Waals surface area contributed by atoms with Crippen LogP contribution in [0.15, 0.2) is 42.9 Å². The molecule has 3 aromatic rings. The number of hydrogen-bond acceptors (Lipinski definition) is 8. The van der Waals surface area contributed by atoms with Crippen LogP contribution in [0.25, 0.3) is 11.1 Å². The number of aliphatic hydroxyl groups excluding tert-OH is 1. The molecule has 180 valence electrons. The summed E-state index contributed by atoms with van der Waals surface area (Å²) in [6.45, 7) is 7.06. The smallest absolute Gasteiger partial charge is 0.280 e. The van der Waals surface area contributed by atoms with Crippen LogP contribution in [0.2, 0.25) is 0 Å². The third-order valence-electron chi connectivity index (χ3n) is 5.51. The summed E-state index contributed by atoms with van der Waals surface area (Å²) in [7, 11) is 0. The van der Waals surface area contributed by atoms with Crippen molar-refractivity contribution in [2.24, 2.45) is 0 Å². The largest absolute Gasteiger partial charge is 0.476 e. The maximum Gasteiger partial charge on any atom is 0.280 e. The Morgan fingerprint density at radius 1 is 1.15 bits per heavy atom. The molecule has 8 nitrogen and oxygen atoms in total. The molecule has 4 rings (SSSR count). The van der Waals surface area contributed by atoms with Crippen molar-refractivity contribution in [3.05, 3.63) is 59.8 Å². The monoisotopic (exact) mass is 471 g/mol. The number of aliphatic hydroxyl groups is 1. The molecular weight excluding hydrogens is 444 g/mol. The van der Waals surface area contributed by atoms with E-state index in [1.165, 1.54) is 18.3 Å². The zero-order valence-electron chi connectivity index (χ0n) is 19.0. The first-order valence-electron chi connectivity index (χ1n) is 11.1. The van der Waals surface area contributed by atoms with Crippen molar-refractivity contribution in [1.29, 1.82) is 0 Å². The summed E-state index contributed by atoms with van der Waals surface area (Å²) >= 11 is 0. The first-order valence-corrected chi connectivity index (χ1v) is 11.1. The quantitative estimate of drug-likeness (QED) is 0.474. The van der Waals surface area contributed by atoms with Crippen LogP contribution in [0, 0.1) is 6.92 Å². The van der Waals surface area contributed by atoms with E-state index in [9.17, 15) is 13.9 Å². The Hall–Kier alpha value is -3.37. The standard InChI is InChI=1S/C24H27F2N5O3/c1-3-34-24-21(31-6-8-33-9-7-31)11-17(13-29-24)19-12-18(14-28-15(19)2)30-23(32)16-4-5-27-20(10-16)22(25)26/h4-5,10-14,22-23,30,32H,3,6-9H2,1-2H3. The number of rotatable bonds is 8. The predicted octanol–water partition coefficient (Wildman–Crippen LogP) is 4.12. The van der Waals surface area contributed by atoms with Gasteiger partial charge >= 0.3 is 0 Å². The average Bonchev–Trinajstić information content (AvgIpc) is 2.86. The van der Waals surface area contributed by atoms with E-state index in [1.54, 1.807) is 12.4 Å². The molecule has 1 aliphatic heterocycles.